The highest BCUT2D eigenvalue weighted by molar-refractivity contribution is 7.73. The summed E-state index contributed by atoms with van der Waals surface area (Å²) in [7, 11) is -0.236. The van der Waals surface area contributed by atoms with Crippen molar-refractivity contribution in [3.8, 4) is 20.9 Å². The lowest BCUT2D eigenvalue weighted by Gasteiger charge is -2.25. The van der Waals surface area contributed by atoms with Crippen LogP contribution in [0, 0.1) is 0 Å². The zero-order valence-electron chi connectivity index (χ0n) is 19.7. The Kier molecular flexibility index (Phi) is 10.2. The molecule has 3 aromatic rings. The number of thiophene rings is 1. The molecule has 0 bridgehead atoms. The van der Waals surface area contributed by atoms with Gasteiger partial charge in [0.05, 0.1) is 0 Å². The summed E-state index contributed by atoms with van der Waals surface area (Å²) in [5.41, 5.74) is 2.85. The van der Waals surface area contributed by atoms with Gasteiger partial charge < -0.3 is 0 Å². The molecule has 0 nitrogen and oxygen atoms in total. The molecule has 0 atom stereocenters. The first kappa shape index (κ1) is 24.6. The lowest BCUT2D eigenvalue weighted by molar-refractivity contribution is 1.06. The van der Waals surface area contributed by atoms with Gasteiger partial charge in [0, 0.05) is 20.4 Å². The maximum atomic E-state index is 2.37. The van der Waals surface area contributed by atoms with Crippen LogP contribution >= 0.6 is 27.2 Å². The highest BCUT2D eigenvalue weighted by atomic mass is 32.1. The van der Waals surface area contributed by atoms with Gasteiger partial charge in [0.1, 0.15) is 0 Å². The highest BCUT2D eigenvalue weighted by Gasteiger charge is 2.29. The second-order valence-corrected chi connectivity index (χ2v) is 14.0. The zero-order chi connectivity index (χ0) is 22.1. The summed E-state index contributed by atoms with van der Waals surface area (Å²) in [5, 5.41) is 3.56. The average Bonchev–Trinajstić information content (AvgIpc) is 3.20. The molecule has 0 saturated carbocycles. The molecule has 1 heterocycles. The SMILES string of the molecule is CCCP(CCC)c1c(-c2ccccc2)sc(-c2ccccc2)c1P(CCC)CCC. The Morgan fingerprint density at radius 2 is 0.839 bits per heavy atom. The molecule has 3 rings (SSSR count). The Morgan fingerprint density at radius 3 is 1.13 bits per heavy atom. The predicted molar refractivity (Wildman–Crippen MR) is 149 cm³/mol. The summed E-state index contributed by atoms with van der Waals surface area (Å²) >= 11 is 2.08. The van der Waals surface area contributed by atoms with Crippen LogP contribution in [0.1, 0.15) is 53.4 Å². The largest absolute Gasteiger partial charge is 0.134 e. The van der Waals surface area contributed by atoms with Gasteiger partial charge in [-0.3, -0.25) is 0 Å². The molecule has 0 aliphatic carbocycles. The fourth-order valence-corrected chi connectivity index (χ4v) is 12.6. The highest BCUT2D eigenvalue weighted by Crippen LogP contribution is 2.50. The van der Waals surface area contributed by atoms with Gasteiger partial charge in [-0.1, -0.05) is 130 Å². The Bertz CT molecular complexity index is 816. The molecule has 1 aromatic heterocycles. The van der Waals surface area contributed by atoms with E-state index in [0.717, 1.165) is 0 Å². The van der Waals surface area contributed by atoms with Crippen molar-refractivity contribution in [2.24, 2.45) is 0 Å². The maximum Gasteiger partial charge on any atom is 0.0432 e. The fourth-order valence-electron chi connectivity index (χ4n) is 4.32. The van der Waals surface area contributed by atoms with E-state index >= 15 is 0 Å². The van der Waals surface area contributed by atoms with E-state index in [1.807, 2.05) is 0 Å². The second kappa shape index (κ2) is 12.9. The van der Waals surface area contributed by atoms with Gasteiger partial charge in [0.2, 0.25) is 0 Å². The standard InChI is InChI=1S/C28H38P2S/c1-5-19-29(20-6-2)25-26(30(21-7-3)22-8-4)28(24-17-13-10-14-18-24)31-27(25)23-15-11-9-12-16-23/h9-18H,5-8,19-22H2,1-4H3. The third-order valence-corrected chi connectivity index (χ3v) is 13.4. The number of rotatable bonds is 12. The summed E-state index contributed by atoms with van der Waals surface area (Å²) in [6.45, 7) is 9.49. The van der Waals surface area contributed by atoms with Crippen molar-refractivity contribution in [2.75, 3.05) is 24.6 Å². The summed E-state index contributed by atoms with van der Waals surface area (Å²) in [5.74, 6) is 0. The van der Waals surface area contributed by atoms with Crippen molar-refractivity contribution in [3.63, 3.8) is 0 Å². The minimum atomic E-state index is -0.118. The number of benzene rings is 2. The molecule has 2 aromatic carbocycles. The molecule has 166 valence electrons. The first-order valence-corrected chi connectivity index (χ1v) is 16.3. The number of hydrogen-bond donors (Lipinski definition) is 0. The van der Waals surface area contributed by atoms with Crippen LogP contribution in [-0.4, -0.2) is 24.6 Å². The van der Waals surface area contributed by atoms with E-state index in [4.69, 9.17) is 0 Å². The topological polar surface area (TPSA) is 0 Å². The van der Waals surface area contributed by atoms with Crippen LogP contribution in [0.25, 0.3) is 20.9 Å². The van der Waals surface area contributed by atoms with E-state index in [0.29, 0.717) is 0 Å². The van der Waals surface area contributed by atoms with Crippen LogP contribution in [-0.2, 0) is 0 Å². The first-order chi connectivity index (χ1) is 15.2. The molecule has 0 spiro atoms. The van der Waals surface area contributed by atoms with E-state index in [2.05, 4.69) is 99.7 Å². The van der Waals surface area contributed by atoms with Crippen LogP contribution < -0.4 is 10.6 Å². The van der Waals surface area contributed by atoms with Gasteiger partial charge in [-0.2, -0.15) is 0 Å². The van der Waals surface area contributed by atoms with Crippen LogP contribution in [0.4, 0.5) is 0 Å². The molecule has 0 amide bonds. The average molecular weight is 469 g/mol. The van der Waals surface area contributed by atoms with E-state index < -0.39 is 0 Å². The Hall–Kier alpha value is -1.000. The lowest BCUT2D eigenvalue weighted by atomic mass is 10.1. The van der Waals surface area contributed by atoms with E-state index in [-0.39, 0.29) is 15.8 Å². The molecule has 0 radical (unpaired) electrons. The molecule has 0 fully saturated rings. The van der Waals surface area contributed by atoms with Gasteiger partial charge in [0.15, 0.2) is 0 Å². The fraction of sp³-hybridized carbons (Fsp3) is 0.429. The van der Waals surface area contributed by atoms with Gasteiger partial charge in [-0.05, 0) is 35.8 Å². The summed E-state index contributed by atoms with van der Waals surface area (Å²) < 4.78 is 0. The van der Waals surface area contributed by atoms with Gasteiger partial charge >= 0.3 is 0 Å². The Morgan fingerprint density at radius 1 is 0.516 bits per heavy atom. The van der Waals surface area contributed by atoms with Crippen molar-refractivity contribution >= 4 is 37.8 Å². The molecule has 3 heteroatoms. The monoisotopic (exact) mass is 468 g/mol. The first-order valence-electron chi connectivity index (χ1n) is 12.0. The third-order valence-electron chi connectivity index (χ3n) is 5.54. The van der Waals surface area contributed by atoms with Crippen LogP contribution in [0.5, 0.6) is 0 Å². The quantitative estimate of drug-likeness (QED) is 0.233. The van der Waals surface area contributed by atoms with Gasteiger partial charge in [0.25, 0.3) is 0 Å². The van der Waals surface area contributed by atoms with Crippen molar-refractivity contribution in [1.82, 2.24) is 0 Å². The third kappa shape index (κ3) is 6.07. The predicted octanol–water partition coefficient (Wildman–Crippen LogP) is 8.94. The second-order valence-electron chi connectivity index (χ2n) is 8.16. The molecular weight excluding hydrogens is 430 g/mol. The van der Waals surface area contributed by atoms with Crippen LogP contribution in [0.15, 0.2) is 60.7 Å². The van der Waals surface area contributed by atoms with Crippen LogP contribution in [0.3, 0.4) is 0 Å². The molecule has 0 aliphatic rings. The van der Waals surface area contributed by atoms with E-state index in [1.165, 1.54) is 61.5 Å². The van der Waals surface area contributed by atoms with Crippen molar-refractivity contribution in [2.45, 2.75) is 53.4 Å². The summed E-state index contributed by atoms with van der Waals surface area (Å²) in [6, 6.07) is 22.5. The van der Waals surface area contributed by atoms with Gasteiger partial charge in [-0.15, -0.1) is 11.3 Å². The molecule has 0 saturated heterocycles. The molecule has 0 aliphatic heterocycles. The van der Waals surface area contributed by atoms with Crippen LogP contribution in [0.2, 0.25) is 0 Å². The Balaban J connectivity index is 2.32. The summed E-state index contributed by atoms with van der Waals surface area (Å²) in [4.78, 5) is 3.14. The van der Waals surface area contributed by atoms with E-state index in [9.17, 15) is 0 Å². The Labute approximate surface area is 197 Å². The van der Waals surface area contributed by atoms with Gasteiger partial charge in [-0.25, -0.2) is 0 Å². The summed E-state index contributed by atoms with van der Waals surface area (Å²) in [6.07, 6.45) is 10.6. The molecule has 0 N–H and O–H groups in total. The molecule has 31 heavy (non-hydrogen) atoms. The zero-order valence-corrected chi connectivity index (χ0v) is 22.3. The maximum absolute atomic E-state index is 2.37. The lowest BCUT2D eigenvalue weighted by Crippen LogP contribution is -2.25. The van der Waals surface area contributed by atoms with Crippen molar-refractivity contribution < 1.29 is 0 Å². The van der Waals surface area contributed by atoms with E-state index in [1.54, 1.807) is 20.4 Å². The van der Waals surface area contributed by atoms with Crippen molar-refractivity contribution in [1.29, 1.82) is 0 Å². The van der Waals surface area contributed by atoms with Crippen molar-refractivity contribution in [3.05, 3.63) is 60.7 Å². The normalized spacial score (nSPS) is 11.5. The molecule has 0 unspecified atom stereocenters. The minimum Gasteiger partial charge on any atom is -0.134 e. The molecular formula is C28H38P2S. The number of hydrogen-bond acceptors (Lipinski definition) is 1. The smallest absolute Gasteiger partial charge is 0.0432 e. The minimum absolute atomic E-state index is 0.118.